The number of ether oxygens (including phenoxy) is 5. The molecule has 0 amide bonds. The minimum Gasteiger partial charge on any atom is -0.494 e. The van der Waals surface area contributed by atoms with E-state index in [4.69, 9.17) is 23.7 Å². The Morgan fingerprint density at radius 3 is 2.11 bits per heavy atom. The molecule has 246 valence electrons. The molecule has 0 atom stereocenters. The van der Waals surface area contributed by atoms with Crippen molar-refractivity contribution in [2.24, 2.45) is 5.92 Å². The summed E-state index contributed by atoms with van der Waals surface area (Å²) in [6, 6.07) is 12.0. The fourth-order valence-electron chi connectivity index (χ4n) is 5.07. The molecule has 0 N–H and O–H groups in total. The van der Waals surface area contributed by atoms with E-state index in [-0.39, 0.29) is 24.0 Å². The third-order valence-electron chi connectivity index (χ3n) is 7.74. The third-order valence-corrected chi connectivity index (χ3v) is 8.58. The molecule has 3 rings (SSSR count). The Labute approximate surface area is 281 Å². The average Bonchev–Trinajstić information content (AvgIpc) is 3.05. The van der Waals surface area contributed by atoms with Crippen molar-refractivity contribution in [3.05, 3.63) is 64.3 Å². The molecule has 1 saturated carbocycles. The molecule has 0 bridgehead atoms. The van der Waals surface area contributed by atoms with Crippen LogP contribution in [0, 0.1) is 9.49 Å². The van der Waals surface area contributed by atoms with Gasteiger partial charge in [-0.25, -0.2) is 9.59 Å². The van der Waals surface area contributed by atoms with Crippen molar-refractivity contribution in [3.63, 3.8) is 0 Å². The van der Waals surface area contributed by atoms with Gasteiger partial charge in [-0.3, -0.25) is 4.79 Å². The average molecular weight is 735 g/mol. The zero-order chi connectivity index (χ0) is 32.3. The van der Waals surface area contributed by atoms with Crippen LogP contribution in [0.4, 0.5) is 0 Å². The summed E-state index contributed by atoms with van der Waals surface area (Å²) in [7, 11) is 0. The van der Waals surface area contributed by atoms with Gasteiger partial charge >= 0.3 is 17.9 Å². The topological polar surface area (TPSA) is 97.4 Å². The lowest BCUT2D eigenvalue weighted by Gasteiger charge is -2.27. The Bertz CT molecular complexity index is 1200. The van der Waals surface area contributed by atoms with Gasteiger partial charge in [0, 0.05) is 12.7 Å². The van der Waals surface area contributed by atoms with Crippen LogP contribution < -0.4 is 14.2 Å². The number of halogens is 1. The molecule has 1 aliphatic carbocycles. The van der Waals surface area contributed by atoms with Gasteiger partial charge in [-0.2, -0.15) is 0 Å². The summed E-state index contributed by atoms with van der Waals surface area (Å²) in [5, 5.41) is 0. The first-order chi connectivity index (χ1) is 21.9. The van der Waals surface area contributed by atoms with Crippen LogP contribution in [0.15, 0.2) is 55.1 Å². The summed E-state index contributed by atoms with van der Waals surface area (Å²) in [4.78, 5) is 36.6. The van der Waals surface area contributed by atoms with Gasteiger partial charge < -0.3 is 23.7 Å². The summed E-state index contributed by atoms with van der Waals surface area (Å²) in [6.45, 7) is 7.36. The fraction of sp³-hybridized carbons (Fsp3) is 0.528. The van der Waals surface area contributed by atoms with Gasteiger partial charge in [0.2, 0.25) is 0 Å². The molecule has 0 aromatic heterocycles. The molecule has 0 spiro atoms. The Hall–Kier alpha value is -2.92. The first-order valence-corrected chi connectivity index (χ1v) is 17.3. The number of esters is 3. The van der Waals surface area contributed by atoms with Gasteiger partial charge in [0.05, 0.1) is 34.4 Å². The van der Waals surface area contributed by atoms with Gasteiger partial charge in [0.25, 0.3) is 0 Å². The predicted molar refractivity (Wildman–Crippen MR) is 182 cm³/mol. The Morgan fingerprint density at radius 2 is 1.44 bits per heavy atom. The van der Waals surface area contributed by atoms with Crippen molar-refractivity contribution in [3.8, 4) is 17.2 Å². The van der Waals surface area contributed by atoms with Gasteiger partial charge in [-0.05, 0) is 116 Å². The molecule has 2 aromatic carbocycles. The Morgan fingerprint density at radius 1 is 0.800 bits per heavy atom. The second kappa shape index (κ2) is 21.0. The maximum absolute atomic E-state index is 12.8. The summed E-state index contributed by atoms with van der Waals surface area (Å²) in [6.07, 6.45) is 14.1. The van der Waals surface area contributed by atoms with Crippen LogP contribution in [-0.2, 0) is 19.1 Å². The van der Waals surface area contributed by atoms with Gasteiger partial charge in [0.15, 0.2) is 0 Å². The molecule has 9 heteroatoms. The van der Waals surface area contributed by atoms with E-state index in [0.717, 1.165) is 70.0 Å². The molecule has 45 heavy (non-hydrogen) atoms. The lowest BCUT2D eigenvalue weighted by Crippen LogP contribution is -2.29. The lowest BCUT2D eigenvalue weighted by molar-refractivity contribution is -0.141. The van der Waals surface area contributed by atoms with Crippen LogP contribution in [0.3, 0.4) is 0 Å². The van der Waals surface area contributed by atoms with E-state index in [1.54, 1.807) is 42.5 Å². The molecule has 8 nitrogen and oxygen atoms in total. The maximum Gasteiger partial charge on any atom is 0.343 e. The van der Waals surface area contributed by atoms with Crippen molar-refractivity contribution in [1.82, 2.24) is 0 Å². The highest BCUT2D eigenvalue weighted by Crippen LogP contribution is 2.30. The number of carbonyl (C=O) groups excluding carboxylic acids is 3. The highest BCUT2D eigenvalue weighted by atomic mass is 127. The Balaban J connectivity index is 1.33. The highest BCUT2D eigenvalue weighted by Gasteiger charge is 2.28. The minimum absolute atomic E-state index is 0.161. The van der Waals surface area contributed by atoms with Crippen molar-refractivity contribution in [2.75, 3.05) is 19.8 Å². The van der Waals surface area contributed by atoms with E-state index in [1.807, 2.05) is 0 Å². The number of benzene rings is 2. The third kappa shape index (κ3) is 13.9. The van der Waals surface area contributed by atoms with E-state index >= 15 is 0 Å². The zero-order valence-electron chi connectivity index (χ0n) is 26.4. The van der Waals surface area contributed by atoms with E-state index in [9.17, 15) is 14.4 Å². The highest BCUT2D eigenvalue weighted by molar-refractivity contribution is 14.1. The van der Waals surface area contributed by atoms with Crippen molar-refractivity contribution >= 4 is 40.5 Å². The number of rotatable bonds is 20. The molecule has 0 saturated heterocycles. The van der Waals surface area contributed by atoms with Crippen LogP contribution in [0.2, 0.25) is 0 Å². The van der Waals surface area contributed by atoms with E-state index in [0.29, 0.717) is 40.5 Å². The van der Waals surface area contributed by atoms with Crippen molar-refractivity contribution in [2.45, 2.75) is 96.5 Å². The monoisotopic (exact) mass is 734 g/mol. The van der Waals surface area contributed by atoms with Crippen molar-refractivity contribution in [1.29, 1.82) is 0 Å². The fourth-order valence-corrected chi connectivity index (χ4v) is 5.67. The molecule has 0 radical (unpaired) electrons. The first kappa shape index (κ1) is 36.5. The van der Waals surface area contributed by atoms with Gasteiger partial charge in [-0.1, -0.05) is 45.6 Å². The molecule has 0 aliphatic heterocycles. The van der Waals surface area contributed by atoms with E-state index in [2.05, 4.69) is 36.1 Å². The Kier molecular flexibility index (Phi) is 17.0. The summed E-state index contributed by atoms with van der Waals surface area (Å²) in [5.41, 5.74) is 0.430. The van der Waals surface area contributed by atoms with E-state index < -0.39 is 5.97 Å². The standard InChI is InChI=1S/C36H47IO8/c1-3-5-6-7-10-23-41-30-19-15-28(16-20-30)36(40)45-33-22-21-31(26-32(33)37)44-35(39)27-13-17-29(18-14-27)42-24-11-8-9-12-25-43-34(38)4-2/h4,15-16,19-22,26-27,29H,2-3,5-14,17-18,23-25H2,1H3. The number of unbranched alkanes of at least 4 members (excludes halogenated alkanes) is 7. The molecule has 0 heterocycles. The number of carbonyl (C=O) groups is 3. The number of hydrogen-bond acceptors (Lipinski definition) is 8. The van der Waals surface area contributed by atoms with Gasteiger partial charge in [0.1, 0.15) is 17.2 Å². The molecule has 1 aliphatic rings. The molecular formula is C36H47IO8. The quantitative estimate of drug-likeness (QED) is 0.0439. The summed E-state index contributed by atoms with van der Waals surface area (Å²) < 4.78 is 28.7. The summed E-state index contributed by atoms with van der Waals surface area (Å²) in [5.74, 6) is 0.322. The smallest absolute Gasteiger partial charge is 0.343 e. The molecule has 1 fully saturated rings. The van der Waals surface area contributed by atoms with Crippen LogP contribution in [0.25, 0.3) is 0 Å². The van der Waals surface area contributed by atoms with Crippen LogP contribution >= 0.6 is 22.6 Å². The van der Waals surface area contributed by atoms with Crippen LogP contribution in [0.1, 0.15) is 101 Å². The second-order valence-electron chi connectivity index (χ2n) is 11.3. The van der Waals surface area contributed by atoms with Crippen LogP contribution in [-0.4, -0.2) is 43.8 Å². The largest absolute Gasteiger partial charge is 0.494 e. The molecule has 2 aromatic rings. The van der Waals surface area contributed by atoms with Crippen LogP contribution in [0.5, 0.6) is 17.2 Å². The number of hydrogen-bond donors (Lipinski definition) is 0. The normalized spacial score (nSPS) is 16.0. The minimum atomic E-state index is -0.464. The lowest BCUT2D eigenvalue weighted by atomic mass is 9.87. The predicted octanol–water partition coefficient (Wildman–Crippen LogP) is 8.63. The van der Waals surface area contributed by atoms with Gasteiger partial charge in [-0.15, -0.1) is 0 Å². The second-order valence-corrected chi connectivity index (χ2v) is 12.5. The summed E-state index contributed by atoms with van der Waals surface area (Å²) >= 11 is 2.08. The maximum atomic E-state index is 12.8. The zero-order valence-corrected chi connectivity index (χ0v) is 28.6. The van der Waals surface area contributed by atoms with E-state index in [1.165, 1.54) is 25.3 Å². The first-order valence-electron chi connectivity index (χ1n) is 16.3. The molecular weight excluding hydrogens is 687 g/mol. The SMILES string of the molecule is C=CC(=O)OCCCCCCOC1CCC(C(=O)Oc2ccc(OC(=O)c3ccc(OCCCCCCC)cc3)c(I)c2)CC1. The molecule has 0 unspecified atom stereocenters. The van der Waals surface area contributed by atoms with Crippen molar-refractivity contribution < 1.29 is 38.1 Å².